The quantitative estimate of drug-likeness (QED) is 0.416. The first-order chi connectivity index (χ1) is 13.8. The van der Waals surface area contributed by atoms with Gasteiger partial charge in [0.05, 0.1) is 11.9 Å². The monoisotopic (exact) mass is 373 g/mol. The number of hydrogen-bond acceptors (Lipinski definition) is 5. The fourth-order valence-electron chi connectivity index (χ4n) is 3.11. The van der Waals surface area contributed by atoms with Crippen LogP contribution >= 0.6 is 0 Å². The van der Waals surface area contributed by atoms with Gasteiger partial charge in [-0.15, -0.1) is 0 Å². The van der Waals surface area contributed by atoms with Crippen LogP contribution in [-0.4, -0.2) is 37.0 Å². The number of hydrogen-bond donors (Lipinski definition) is 1. The highest BCUT2D eigenvalue weighted by Crippen LogP contribution is 2.25. The predicted octanol–water partition coefficient (Wildman–Crippen LogP) is 2.80. The van der Waals surface area contributed by atoms with E-state index in [1.807, 2.05) is 22.9 Å². The van der Waals surface area contributed by atoms with Crippen LogP contribution in [0.1, 0.15) is 12.0 Å². The maximum Gasteiger partial charge on any atom is 0.267 e. The Morgan fingerprint density at radius 3 is 2.64 bits per heavy atom. The van der Waals surface area contributed by atoms with Crippen LogP contribution in [0.4, 0.5) is 0 Å². The standard InChI is InChI=1S/C21H19N5O2/c27-20-17-7-2-1-6-16(17)18(14-22-9-5-12-25-13-11-23-15-25)21(28)26(20)19-8-3-4-10-24-19/h1-4,6-8,10-11,13-15,28H,5,9,12H2. The SMILES string of the molecule is O=c1c2ccccc2c(C=NCCCn2ccnc2)c(O)n1-c1ccccn1. The minimum absolute atomic E-state index is 0.166. The number of imidazole rings is 1. The molecule has 4 aromatic rings. The van der Waals surface area contributed by atoms with Crippen molar-refractivity contribution in [3.8, 4) is 11.7 Å². The Morgan fingerprint density at radius 2 is 1.89 bits per heavy atom. The van der Waals surface area contributed by atoms with E-state index in [-0.39, 0.29) is 11.4 Å². The first kappa shape index (κ1) is 17.7. The second-order valence-corrected chi connectivity index (χ2v) is 6.30. The summed E-state index contributed by atoms with van der Waals surface area (Å²) in [4.78, 5) is 25.6. The molecule has 7 nitrogen and oxygen atoms in total. The molecule has 0 fully saturated rings. The number of benzene rings is 1. The molecule has 0 saturated heterocycles. The van der Waals surface area contributed by atoms with Crippen molar-refractivity contribution in [2.75, 3.05) is 6.54 Å². The van der Waals surface area contributed by atoms with E-state index in [9.17, 15) is 9.90 Å². The highest BCUT2D eigenvalue weighted by Gasteiger charge is 2.16. The van der Waals surface area contributed by atoms with Gasteiger partial charge in [0.2, 0.25) is 5.88 Å². The molecule has 1 aromatic carbocycles. The lowest BCUT2D eigenvalue weighted by molar-refractivity contribution is 0.435. The maximum atomic E-state index is 12.9. The third-order valence-electron chi connectivity index (χ3n) is 4.46. The van der Waals surface area contributed by atoms with Crippen molar-refractivity contribution in [2.24, 2.45) is 4.99 Å². The van der Waals surface area contributed by atoms with Gasteiger partial charge in [-0.1, -0.05) is 24.3 Å². The molecule has 0 spiro atoms. The van der Waals surface area contributed by atoms with Crippen LogP contribution in [-0.2, 0) is 6.54 Å². The second kappa shape index (κ2) is 7.87. The van der Waals surface area contributed by atoms with Crippen molar-refractivity contribution < 1.29 is 5.11 Å². The number of rotatable bonds is 6. The van der Waals surface area contributed by atoms with E-state index >= 15 is 0 Å². The van der Waals surface area contributed by atoms with Crippen molar-refractivity contribution in [3.05, 3.63) is 83.3 Å². The fourth-order valence-corrected chi connectivity index (χ4v) is 3.11. The van der Waals surface area contributed by atoms with Crippen LogP contribution in [0.25, 0.3) is 16.6 Å². The molecule has 140 valence electrons. The summed E-state index contributed by atoms with van der Waals surface area (Å²) in [5.41, 5.74) is 0.188. The molecule has 3 aromatic heterocycles. The summed E-state index contributed by atoms with van der Waals surface area (Å²) in [6.07, 6.45) is 9.47. The van der Waals surface area contributed by atoms with Gasteiger partial charge in [0, 0.05) is 48.7 Å². The maximum absolute atomic E-state index is 12.9. The summed E-state index contributed by atoms with van der Waals surface area (Å²) in [5, 5.41) is 12.0. The van der Waals surface area contributed by atoms with Gasteiger partial charge in [0.25, 0.3) is 5.56 Å². The molecule has 0 amide bonds. The number of aromatic nitrogens is 4. The van der Waals surface area contributed by atoms with E-state index < -0.39 is 0 Å². The molecule has 3 heterocycles. The molecule has 1 N–H and O–H groups in total. The summed E-state index contributed by atoms with van der Waals surface area (Å²) in [6, 6.07) is 12.4. The van der Waals surface area contributed by atoms with Crippen molar-refractivity contribution >= 4 is 17.0 Å². The van der Waals surface area contributed by atoms with Gasteiger partial charge in [-0.3, -0.25) is 9.79 Å². The number of aryl methyl sites for hydroxylation is 1. The molecule has 7 heteroatoms. The van der Waals surface area contributed by atoms with Crippen LogP contribution in [0, 0.1) is 0 Å². The Kier molecular flexibility index (Phi) is 4.97. The predicted molar refractivity (Wildman–Crippen MR) is 108 cm³/mol. The van der Waals surface area contributed by atoms with Crippen LogP contribution in [0.2, 0.25) is 0 Å². The molecule has 0 bridgehead atoms. The smallest absolute Gasteiger partial charge is 0.267 e. The molecule has 0 saturated carbocycles. The van der Waals surface area contributed by atoms with E-state index in [1.165, 1.54) is 4.57 Å². The third-order valence-corrected chi connectivity index (χ3v) is 4.46. The van der Waals surface area contributed by atoms with Crippen molar-refractivity contribution in [1.29, 1.82) is 0 Å². The molecule has 0 aliphatic rings. The summed E-state index contributed by atoms with van der Waals surface area (Å²) < 4.78 is 3.21. The lowest BCUT2D eigenvalue weighted by Gasteiger charge is -2.12. The number of pyridine rings is 2. The van der Waals surface area contributed by atoms with E-state index in [4.69, 9.17) is 0 Å². The topological polar surface area (TPSA) is 85.3 Å². The number of nitrogens with zero attached hydrogens (tertiary/aromatic N) is 5. The molecule has 4 rings (SSSR count). The second-order valence-electron chi connectivity index (χ2n) is 6.30. The van der Waals surface area contributed by atoms with Gasteiger partial charge < -0.3 is 9.67 Å². The Balaban J connectivity index is 1.70. The Labute approximate surface area is 161 Å². The zero-order valence-corrected chi connectivity index (χ0v) is 15.1. The van der Waals surface area contributed by atoms with Crippen LogP contribution in [0.5, 0.6) is 5.88 Å². The van der Waals surface area contributed by atoms with Crippen molar-refractivity contribution in [2.45, 2.75) is 13.0 Å². The van der Waals surface area contributed by atoms with E-state index in [1.54, 1.807) is 55.3 Å². The van der Waals surface area contributed by atoms with Gasteiger partial charge in [0.15, 0.2) is 0 Å². The normalized spacial score (nSPS) is 11.4. The van der Waals surface area contributed by atoms with Crippen molar-refractivity contribution in [1.82, 2.24) is 19.1 Å². The number of fused-ring (bicyclic) bond motifs is 1. The highest BCUT2D eigenvalue weighted by molar-refractivity contribution is 6.01. The number of aromatic hydroxyl groups is 1. The molecule has 0 unspecified atom stereocenters. The van der Waals surface area contributed by atoms with E-state index in [0.29, 0.717) is 28.7 Å². The van der Waals surface area contributed by atoms with Gasteiger partial charge in [0.1, 0.15) is 5.82 Å². The third kappa shape index (κ3) is 3.42. The minimum Gasteiger partial charge on any atom is -0.494 e. The summed E-state index contributed by atoms with van der Waals surface area (Å²) in [7, 11) is 0. The molecule has 0 atom stereocenters. The summed E-state index contributed by atoms with van der Waals surface area (Å²) in [6.45, 7) is 1.41. The zero-order chi connectivity index (χ0) is 19.3. The number of aliphatic imine (C=N–C) groups is 1. The largest absolute Gasteiger partial charge is 0.494 e. The minimum atomic E-state index is -0.316. The van der Waals surface area contributed by atoms with Crippen LogP contribution in [0.15, 0.2) is 77.2 Å². The van der Waals surface area contributed by atoms with Gasteiger partial charge >= 0.3 is 0 Å². The average Bonchev–Trinajstić information content (AvgIpc) is 3.24. The Bertz CT molecular complexity index is 1160. The molecule has 0 aliphatic carbocycles. The molecule has 0 aliphatic heterocycles. The molecular weight excluding hydrogens is 354 g/mol. The lowest BCUT2D eigenvalue weighted by Crippen LogP contribution is -2.21. The first-order valence-corrected chi connectivity index (χ1v) is 8.99. The Morgan fingerprint density at radius 1 is 1.07 bits per heavy atom. The van der Waals surface area contributed by atoms with Gasteiger partial charge in [-0.2, -0.15) is 0 Å². The Hall–Kier alpha value is -3.74. The summed E-state index contributed by atoms with van der Waals surface area (Å²) in [5.74, 6) is 0.200. The molecule has 0 radical (unpaired) electrons. The first-order valence-electron chi connectivity index (χ1n) is 8.99. The van der Waals surface area contributed by atoms with Crippen molar-refractivity contribution in [3.63, 3.8) is 0 Å². The molecular formula is C21H19N5O2. The van der Waals surface area contributed by atoms with E-state index in [2.05, 4.69) is 15.0 Å². The summed E-state index contributed by atoms with van der Waals surface area (Å²) >= 11 is 0. The highest BCUT2D eigenvalue weighted by atomic mass is 16.3. The van der Waals surface area contributed by atoms with E-state index in [0.717, 1.165) is 13.0 Å². The fraction of sp³-hybridized carbons (Fsp3) is 0.143. The lowest BCUT2D eigenvalue weighted by atomic mass is 10.1. The van der Waals surface area contributed by atoms with Gasteiger partial charge in [-0.25, -0.2) is 14.5 Å². The molecule has 28 heavy (non-hydrogen) atoms. The zero-order valence-electron chi connectivity index (χ0n) is 15.1. The average molecular weight is 373 g/mol. The van der Waals surface area contributed by atoms with Crippen LogP contribution < -0.4 is 5.56 Å². The van der Waals surface area contributed by atoms with Crippen LogP contribution in [0.3, 0.4) is 0 Å². The van der Waals surface area contributed by atoms with Gasteiger partial charge in [-0.05, 0) is 24.6 Å².